The average molecular weight is 900 g/mol. The molecule has 2 aliphatic heterocycles. The Morgan fingerprint density at radius 2 is 1.00 bits per heavy atom. The van der Waals surface area contributed by atoms with Crippen molar-refractivity contribution in [3.63, 3.8) is 0 Å². The molecule has 2 saturated heterocycles. The van der Waals surface area contributed by atoms with E-state index >= 15 is 0 Å². The minimum absolute atomic E-state index is 0.151. The first-order valence-electron chi connectivity index (χ1n) is 23.0. The summed E-state index contributed by atoms with van der Waals surface area (Å²) >= 11 is 12.9. The van der Waals surface area contributed by atoms with Crippen LogP contribution < -0.4 is 5.32 Å². The summed E-state index contributed by atoms with van der Waals surface area (Å²) in [5, 5.41) is 5.25. The SMILES string of the molecule is Cc1ccc(Cl)c(-c2ccc(CN3CCN(C(=O)Cc4ccccc4)[C@H](Cc4ccccc4)C3)cc2)c1.Cc1ccc(Cl)c(-c2ccc(CN3CCN[C@H](Cc4ccccc4)C3)cc2)c1. The van der Waals surface area contributed by atoms with Crippen molar-refractivity contribution in [2.45, 2.75) is 58.3 Å². The fraction of sp³-hybridized carbons (Fsp3) is 0.259. The third-order valence-corrected chi connectivity index (χ3v) is 13.3. The number of nitrogens with one attached hydrogen (secondary N) is 1. The van der Waals surface area contributed by atoms with Gasteiger partial charge in [0.05, 0.1) is 6.42 Å². The number of piperazine rings is 2. The number of aryl methyl sites for hydroxylation is 2. The third kappa shape index (κ3) is 13.1. The van der Waals surface area contributed by atoms with Gasteiger partial charge >= 0.3 is 0 Å². The van der Waals surface area contributed by atoms with E-state index in [2.05, 4.69) is 155 Å². The summed E-state index contributed by atoms with van der Waals surface area (Å²) in [4.78, 5) is 20.5. The molecule has 0 saturated carbocycles. The molecule has 0 spiro atoms. The van der Waals surface area contributed by atoms with Gasteiger partial charge in [0.2, 0.25) is 5.91 Å². The van der Waals surface area contributed by atoms with Crippen LogP contribution in [0.3, 0.4) is 0 Å². The summed E-state index contributed by atoms with van der Waals surface area (Å²) in [6.07, 6.45) is 2.40. The Hall–Kier alpha value is -5.53. The molecule has 0 unspecified atom stereocenters. The minimum Gasteiger partial charge on any atom is -0.337 e. The van der Waals surface area contributed by atoms with Crippen molar-refractivity contribution in [1.29, 1.82) is 0 Å². The number of rotatable bonds is 12. The lowest BCUT2D eigenvalue weighted by atomic mass is 9.99. The zero-order valence-corrected chi connectivity index (χ0v) is 39.2. The summed E-state index contributed by atoms with van der Waals surface area (Å²) < 4.78 is 0. The van der Waals surface area contributed by atoms with E-state index in [1.54, 1.807) is 0 Å². The fourth-order valence-electron chi connectivity index (χ4n) is 9.21. The summed E-state index contributed by atoms with van der Waals surface area (Å²) in [6.45, 7) is 11.8. The Morgan fingerprint density at radius 1 is 0.523 bits per heavy atom. The van der Waals surface area contributed by atoms with Gasteiger partial charge in [-0.1, -0.05) is 186 Å². The molecule has 0 aromatic heterocycles. The smallest absolute Gasteiger partial charge is 0.227 e. The number of halogens is 2. The molecule has 2 atom stereocenters. The van der Waals surface area contributed by atoms with Crippen LogP contribution in [-0.4, -0.2) is 72.0 Å². The standard InChI is InChI=1S/C33H33ClN2O.C25H27ClN2/c1-25-12-17-32(34)31(20-25)29-15-13-28(14-16-29)23-35-18-19-36(33(37)22-27-10-6-3-7-11-27)30(24-35)21-26-8-4-2-5-9-26;1-19-7-12-25(26)24(15-19)22-10-8-21(9-11-22)17-28-14-13-27-23(18-28)16-20-5-3-2-4-6-20/h2-17,20,30H,18-19,21-24H2,1H3;2-12,15,23,27H,13-14,16-18H2,1H3/t30-;23-/m11/s1. The first-order valence-corrected chi connectivity index (χ1v) is 23.8. The predicted octanol–water partition coefficient (Wildman–Crippen LogP) is 12.1. The van der Waals surface area contributed by atoms with Crippen LogP contribution in [0.2, 0.25) is 10.0 Å². The summed E-state index contributed by atoms with van der Waals surface area (Å²) in [6, 6.07) is 61.9. The normalized spacial score (nSPS) is 16.7. The van der Waals surface area contributed by atoms with Gasteiger partial charge in [0.1, 0.15) is 0 Å². The maximum absolute atomic E-state index is 13.4. The zero-order chi connectivity index (χ0) is 45.0. The maximum atomic E-state index is 13.4. The summed E-state index contributed by atoms with van der Waals surface area (Å²) in [7, 11) is 0. The zero-order valence-electron chi connectivity index (χ0n) is 37.7. The van der Waals surface area contributed by atoms with Crippen LogP contribution in [0.25, 0.3) is 22.3 Å². The maximum Gasteiger partial charge on any atom is 0.227 e. The van der Waals surface area contributed by atoms with Gasteiger partial charge in [-0.2, -0.15) is 0 Å². The van der Waals surface area contributed by atoms with Gasteiger partial charge in [0, 0.05) is 85.6 Å². The number of hydrogen-bond donors (Lipinski definition) is 1. The quantitative estimate of drug-likeness (QED) is 0.133. The highest BCUT2D eigenvalue weighted by Crippen LogP contribution is 2.31. The van der Waals surface area contributed by atoms with Crippen molar-refractivity contribution >= 4 is 29.1 Å². The van der Waals surface area contributed by atoms with E-state index < -0.39 is 0 Å². The van der Waals surface area contributed by atoms with Crippen LogP contribution in [0.5, 0.6) is 0 Å². The molecule has 2 fully saturated rings. The molecule has 0 bridgehead atoms. The average Bonchev–Trinajstić information content (AvgIpc) is 3.32. The third-order valence-electron chi connectivity index (χ3n) is 12.7. The predicted molar refractivity (Wildman–Crippen MR) is 272 cm³/mol. The Balaban J connectivity index is 0.000000184. The second kappa shape index (κ2) is 22.6. The van der Waals surface area contributed by atoms with Gasteiger partial charge in [-0.15, -0.1) is 0 Å². The molecule has 9 rings (SSSR count). The van der Waals surface area contributed by atoms with Crippen LogP contribution in [0.4, 0.5) is 0 Å². The summed E-state index contributed by atoms with van der Waals surface area (Å²) in [5.41, 5.74) is 13.3. The molecule has 7 aromatic rings. The van der Waals surface area contributed by atoms with Gasteiger partial charge in [-0.3, -0.25) is 14.6 Å². The van der Waals surface area contributed by atoms with E-state index in [1.165, 1.54) is 38.9 Å². The molecule has 332 valence electrons. The second-order valence-corrected chi connectivity index (χ2v) is 18.6. The van der Waals surface area contributed by atoms with Gasteiger partial charge in [0.25, 0.3) is 0 Å². The number of hydrogen-bond acceptors (Lipinski definition) is 4. The molecule has 0 radical (unpaired) electrons. The highest BCUT2D eigenvalue weighted by Gasteiger charge is 2.30. The largest absolute Gasteiger partial charge is 0.337 e. The number of carbonyl (C=O) groups is 1. The molecule has 7 aromatic carbocycles. The highest BCUT2D eigenvalue weighted by atomic mass is 35.5. The van der Waals surface area contributed by atoms with Gasteiger partial charge in [-0.25, -0.2) is 0 Å². The van der Waals surface area contributed by atoms with Crippen molar-refractivity contribution in [2.75, 3.05) is 39.3 Å². The van der Waals surface area contributed by atoms with Crippen molar-refractivity contribution < 1.29 is 4.79 Å². The molecular weight excluding hydrogens is 840 g/mol. The molecule has 1 amide bonds. The first-order chi connectivity index (χ1) is 31.7. The van der Waals surface area contributed by atoms with Crippen LogP contribution in [-0.2, 0) is 37.1 Å². The Kier molecular flexibility index (Phi) is 16.0. The van der Waals surface area contributed by atoms with E-state index in [9.17, 15) is 4.79 Å². The van der Waals surface area contributed by atoms with E-state index in [0.717, 1.165) is 97.5 Å². The molecule has 0 aliphatic carbocycles. The molecule has 65 heavy (non-hydrogen) atoms. The minimum atomic E-state index is 0.151. The number of benzene rings is 7. The molecule has 5 nitrogen and oxygen atoms in total. The van der Waals surface area contributed by atoms with Crippen molar-refractivity contribution in [2.24, 2.45) is 0 Å². The van der Waals surface area contributed by atoms with Crippen LogP contribution in [0.15, 0.2) is 176 Å². The van der Waals surface area contributed by atoms with Crippen molar-refractivity contribution in [3.8, 4) is 22.3 Å². The highest BCUT2D eigenvalue weighted by molar-refractivity contribution is 6.33. The molecule has 7 heteroatoms. The lowest BCUT2D eigenvalue weighted by Gasteiger charge is -2.42. The van der Waals surface area contributed by atoms with Crippen LogP contribution in [0.1, 0.15) is 38.9 Å². The van der Waals surface area contributed by atoms with Gasteiger partial charge in [0.15, 0.2) is 0 Å². The Labute approximate surface area is 396 Å². The number of carbonyl (C=O) groups excluding carboxylic acids is 1. The lowest BCUT2D eigenvalue weighted by Crippen LogP contribution is -2.56. The monoisotopic (exact) mass is 898 g/mol. The van der Waals surface area contributed by atoms with E-state index in [4.69, 9.17) is 23.2 Å². The van der Waals surface area contributed by atoms with Crippen molar-refractivity contribution in [1.82, 2.24) is 20.0 Å². The van der Waals surface area contributed by atoms with Crippen LogP contribution in [0, 0.1) is 13.8 Å². The molecule has 1 N–H and O–H groups in total. The van der Waals surface area contributed by atoms with E-state index in [1.807, 2.05) is 54.6 Å². The van der Waals surface area contributed by atoms with Gasteiger partial charge < -0.3 is 10.2 Å². The van der Waals surface area contributed by atoms with E-state index in [0.29, 0.717) is 12.5 Å². The number of amides is 1. The molecule has 2 aliphatic rings. The lowest BCUT2D eigenvalue weighted by molar-refractivity contribution is -0.135. The van der Waals surface area contributed by atoms with Crippen LogP contribution >= 0.6 is 23.2 Å². The second-order valence-electron chi connectivity index (χ2n) is 17.8. The fourth-order valence-corrected chi connectivity index (χ4v) is 9.67. The number of nitrogens with zero attached hydrogens (tertiary/aromatic N) is 3. The Morgan fingerprint density at radius 3 is 1.52 bits per heavy atom. The Bertz CT molecular complexity index is 2590. The van der Waals surface area contributed by atoms with Crippen molar-refractivity contribution in [3.05, 3.63) is 225 Å². The molecule has 2 heterocycles. The first kappa shape index (κ1) is 46.0. The molecular formula is C58H60Cl2N4O. The van der Waals surface area contributed by atoms with Gasteiger partial charge in [-0.05, 0) is 89.9 Å². The topological polar surface area (TPSA) is 38.8 Å². The van der Waals surface area contributed by atoms with E-state index in [-0.39, 0.29) is 11.9 Å². The summed E-state index contributed by atoms with van der Waals surface area (Å²) in [5.74, 6) is 0.214.